The quantitative estimate of drug-likeness (QED) is 0.563. The topological polar surface area (TPSA) is 66.6 Å². The maximum absolute atomic E-state index is 13.9. The SMILES string of the molecule is CCN(CC)CCOc1cc(NC(=O)c2cc3c(F)cccc3[nH]2)ccc1OC. The first-order valence-electron chi connectivity index (χ1n) is 9.67. The van der Waals surface area contributed by atoms with Gasteiger partial charge >= 0.3 is 0 Å². The number of halogens is 1. The molecule has 0 bridgehead atoms. The van der Waals surface area contributed by atoms with Crippen LogP contribution in [0.5, 0.6) is 11.5 Å². The number of aromatic nitrogens is 1. The Balaban J connectivity index is 1.72. The van der Waals surface area contributed by atoms with Crippen molar-refractivity contribution in [2.75, 3.05) is 38.7 Å². The molecule has 0 unspecified atom stereocenters. The van der Waals surface area contributed by atoms with Gasteiger partial charge in [0, 0.05) is 29.2 Å². The highest BCUT2D eigenvalue weighted by Gasteiger charge is 2.14. The molecule has 0 fully saturated rings. The van der Waals surface area contributed by atoms with Crippen LogP contribution in [0.25, 0.3) is 10.9 Å². The van der Waals surface area contributed by atoms with Gasteiger partial charge in [0.2, 0.25) is 0 Å². The van der Waals surface area contributed by atoms with Gasteiger partial charge in [0.25, 0.3) is 5.91 Å². The fourth-order valence-corrected chi connectivity index (χ4v) is 3.13. The Morgan fingerprint density at radius 2 is 1.93 bits per heavy atom. The molecule has 3 rings (SSSR count). The molecule has 2 N–H and O–H groups in total. The maximum Gasteiger partial charge on any atom is 0.272 e. The minimum Gasteiger partial charge on any atom is -0.493 e. The lowest BCUT2D eigenvalue weighted by molar-refractivity contribution is 0.102. The summed E-state index contributed by atoms with van der Waals surface area (Å²) in [6.45, 7) is 7.44. The molecule has 0 saturated heterocycles. The number of nitrogens with one attached hydrogen (secondary N) is 2. The summed E-state index contributed by atoms with van der Waals surface area (Å²) in [5, 5.41) is 3.20. The van der Waals surface area contributed by atoms with Gasteiger partial charge in [0.05, 0.1) is 7.11 Å². The van der Waals surface area contributed by atoms with Crippen LogP contribution in [0.2, 0.25) is 0 Å². The van der Waals surface area contributed by atoms with Crippen molar-refractivity contribution in [2.24, 2.45) is 0 Å². The van der Waals surface area contributed by atoms with E-state index in [1.807, 2.05) is 0 Å². The number of anilines is 1. The third-order valence-electron chi connectivity index (χ3n) is 4.84. The summed E-state index contributed by atoms with van der Waals surface area (Å²) in [5.74, 6) is 0.418. The summed E-state index contributed by atoms with van der Waals surface area (Å²) in [7, 11) is 1.57. The molecule has 1 amide bonds. The summed E-state index contributed by atoms with van der Waals surface area (Å²) in [6, 6.07) is 11.4. The maximum atomic E-state index is 13.9. The minimum atomic E-state index is -0.369. The summed E-state index contributed by atoms with van der Waals surface area (Å²) < 4.78 is 25.1. The van der Waals surface area contributed by atoms with E-state index in [0.29, 0.717) is 34.7 Å². The molecule has 0 saturated carbocycles. The Labute approximate surface area is 169 Å². The van der Waals surface area contributed by atoms with Gasteiger partial charge in [-0.3, -0.25) is 4.79 Å². The smallest absolute Gasteiger partial charge is 0.272 e. The molecule has 0 aliphatic rings. The molecule has 0 aliphatic carbocycles. The summed E-state index contributed by atoms with van der Waals surface area (Å²) in [5.41, 5.74) is 1.42. The monoisotopic (exact) mass is 399 g/mol. The van der Waals surface area contributed by atoms with Crippen LogP contribution in [-0.4, -0.2) is 49.1 Å². The van der Waals surface area contributed by atoms with Crippen LogP contribution >= 0.6 is 0 Å². The largest absolute Gasteiger partial charge is 0.493 e. The van der Waals surface area contributed by atoms with Gasteiger partial charge in [-0.2, -0.15) is 0 Å². The normalized spacial score (nSPS) is 11.1. The highest BCUT2D eigenvalue weighted by Crippen LogP contribution is 2.30. The molecule has 7 heteroatoms. The number of ether oxygens (including phenoxy) is 2. The molecule has 0 spiro atoms. The lowest BCUT2D eigenvalue weighted by Gasteiger charge is -2.19. The van der Waals surface area contributed by atoms with E-state index in [4.69, 9.17) is 9.47 Å². The first-order valence-corrected chi connectivity index (χ1v) is 9.67. The van der Waals surface area contributed by atoms with Crippen molar-refractivity contribution >= 4 is 22.5 Å². The third-order valence-corrected chi connectivity index (χ3v) is 4.84. The number of H-pyrrole nitrogens is 1. The van der Waals surface area contributed by atoms with E-state index < -0.39 is 0 Å². The summed E-state index contributed by atoms with van der Waals surface area (Å²) in [6.07, 6.45) is 0. The molecular weight excluding hydrogens is 373 g/mol. The standard InChI is InChI=1S/C22H26FN3O3/c1-4-26(5-2)11-12-29-21-13-15(9-10-20(21)28-3)24-22(27)19-14-16-17(23)7-6-8-18(16)25-19/h6-10,13-14,25H,4-5,11-12H2,1-3H3,(H,24,27). The third kappa shape index (κ3) is 4.86. The van der Waals surface area contributed by atoms with Crippen molar-refractivity contribution in [2.45, 2.75) is 13.8 Å². The fraction of sp³-hybridized carbons (Fsp3) is 0.318. The van der Waals surface area contributed by atoms with Crippen molar-refractivity contribution in [1.82, 2.24) is 9.88 Å². The zero-order valence-electron chi connectivity index (χ0n) is 16.9. The van der Waals surface area contributed by atoms with E-state index in [2.05, 4.69) is 29.0 Å². The molecule has 1 aromatic heterocycles. The van der Waals surface area contributed by atoms with Crippen molar-refractivity contribution in [3.05, 3.63) is 54.0 Å². The van der Waals surface area contributed by atoms with E-state index in [1.54, 1.807) is 37.4 Å². The molecule has 29 heavy (non-hydrogen) atoms. The van der Waals surface area contributed by atoms with Crippen molar-refractivity contribution in [1.29, 1.82) is 0 Å². The van der Waals surface area contributed by atoms with Gasteiger partial charge in [-0.15, -0.1) is 0 Å². The number of methoxy groups -OCH3 is 1. The van der Waals surface area contributed by atoms with Crippen LogP contribution in [0.15, 0.2) is 42.5 Å². The zero-order chi connectivity index (χ0) is 20.8. The van der Waals surface area contributed by atoms with E-state index in [-0.39, 0.29) is 17.4 Å². The number of carbonyl (C=O) groups excluding carboxylic acids is 1. The van der Waals surface area contributed by atoms with Crippen molar-refractivity contribution < 1.29 is 18.7 Å². The zero-order valence-corrected chi connectivity index (χ0v) is 16.9. The highest BCUT2D eigenvalue weighted by molar-refractivity contribution is 6.06. The second-order valence-corrected chi connectivity index (χ2v) is 6.58. The first-order chi connectivity index (χ1) is 14.0. The Bertz CT molecular complexity index is 983. The van der Waals surface area contributed by atoms with Gasteiger partial charge in [-0.25, -0.2) is 4.39 Å². The number of hydrogen-bond acceptors (Lipinski definition) is 4. The molecule has 0 atom stereocenters. The fourth-order valence-electron chi connectivity index (χ4n) is 3.13. The van der Waals surface area contributed by atoms with Crippen LogP contribution in [-0.2, 0) is 0 Å². The average Bonchev–Trinajstić information content (AvgIpc) is 3.17. The van der Waals surface area contributed by atoms with Gasteiger partial charge in [-0.05, 0) is 43.4 Å². The Hall–Kier alpha value is -3.06. The second kappa shape index (κ2) is 9.43. The van der Waals surface area contributed by atoms with Crippen LogP contribution in [0.1, 0.15) is 24.3 Å². The lowest BCUT2D eigenvalue weighted by atomic mass is 10.2. The Kier molecular flexibility index (Phi) is 6.72. The van der Waals surface area contributed by atoms with Crippen molar-refractivity contribution in [3.63, 3.8) is 0 Å². The van der Waals surface area contributed by atoms with Gasteiger partial charge in [0.15, 0.2) is 11.5 Å². The van der Waals surface area contributed by atoms with Crippen molar-refractivity contribution in [3.8, 4) is 11.5 Å². The first kappa shape index (κ1) is 20.7. The van der Waals surface area contributed by atoms with E-state index in [9.17, 15) is 9.18 Å². The Morgan fingerprint density at radius 1 is 1.14 bits per heavy atom. The van der Waals surface area contributed by atoms with Crippen LogP contribution in [0, 0.1) is 5.82 Å². The number of aromatic amines is 1. The summed E-state index contributed by atoms with van der Waals surface area (Å²) >= 11 is 0. The molecule has 1 heterocycles. The second-order valence-electron chi connectivity index (χ2n) is 6.58. The highest BCUT2D eigenvalue weighted by atomic mass is 19.1. The van der Waals surface area contributed by atoms with Crippen LogP contribution in [0.4, 0.5) is 10.1 Å². The minimum absolute atomic E-state index is 0.282. The number of benzene rings is 2. The summed E-state index contributed by atoms with van der Waals surface area (Å²) in [4.78, 5) is 17.8. The average molecular weight is 399 g/mol. The van der Waals surface area contributed by atoms with Crippen LogP contribution in [0.3, 0.4) is 0 Å². The van der Waals surface area contributed by atoms with E-state index in [1.165, 1.54) is 12.1 Å². The molecule has 6 nitrogen and oxygen atoms in total. The predicted octanol–water partition coefficient (Wildman–Crippen LogP) is 4.29. The Morgan fingerprint density at radius 3 is 2.62 bits per heavy atom. The molecule has 154 valence electrons. The number of carbonyl (C=O) groups is 1. The number of rotatable bonds is 9. The number of likely N-dealkylation sites (N-methyl/N-ethyl adjacent to an activating group) is 1. The molecule has 3 aromatic rings. The molecule has 0 aliphatic heterocycles. The molecule has 0 radical (unpaired) electrons. The number of nitrogens with zero attached hydrogens (tertiary/aromatic N) is 1. The predicted molar refractivity (Wildman–Crippen MR) is 112 cm³/mol. The van der Waals surface area contributed by atoms with Crippen LogP contribution < -0.4 is 14.8 Å². The lowest BCUT2D eigenvalue weighted by Crippen LogP contribution is -2.28. The van der Waals surface area contributed by atoms with Gasteiger partial charge in [-0.1, -0.05) is 19.9 Å². The number of amides is 1. The van der Waals surface area contributed by atoms with E-state index >= 15 is 0 Å². The number of fused-ring (bicyclic) bond motifs is 1. The molecular formula is C22H26FN3O3. The van der Waals surface area contributed by atoms with Gasteiger partial charge < -0.3 is 24.7 Å². The van der Waals surface area contributed by atoms with E-state index in [0.717, 1.165) is 19.6 Å². The number of hydrogen-bond donors (Lipinski definition) is 2. The molecule has 2 aromatic carbocycles. The van der Waals surface area contributed by atoms with Gasteiger partial charge in [0.1, 0.15) is 18.1 Å².